The van der Waals surface area contributed by atoms with Crippen LogP contribution in [-0.4, -0.2) is 12.2 Å². The van der Waals surface area contributed by atoms with Crippen LogP contribution in [0.4, 0.5) is 17.3 Å². The number of unbranched alkanes of at least 4 members (excludes halogenated alkanes) is 1. The first-order valence-electron chi connectivity index (χ1n) is 4.69. The van der Waals surface area contributed by atoms with Gasteiger partial charge in [-0.2, -0.15) is 0 Å². The van der Waals surface area contributed by atoms with Crippen LogP contribution in [0.5, 0.6) is 0 Å². The molecule has 0 saturated heterocycles. The molecule has 0 spiro atoms. The molecule has 6 heteroatoms. The number of aryl methyl sites for hydroxylation is 1. The Kier molecular flexibility index (Phi) is 6.74. The summed E-state index contributed by atoms with van der Waals surface area (Å²) >= 11 is 0. The summed E-state index contributed by atoms with van der Waals surface area (Å²) in [5.74, 6) is 0. The van der Waals surface area contributed by atoms with Gasteiger partial charge in [-0.1, -0.05) is 19.4 Å². The minimum atomic E-state index is -6.00. The molecule has 0 amide bonds. The Hall–Kier alpha value is -1.07. The van der Waals surface area contributed by atoms with Crippen LogP contribution in [0.2, 0.25) is 0 Å². The fourth-order valence-corrected chi connectivity index (χ4v) is 0.927. The van der Waals surface area contributed by atoms with Gasteiger partial charge in [0.2, 0.25) is 0 Å². The molecule has 1 heterocycles. The van der Waals surface area contributed by atoms with Crippen molar-refractivity contribution < 1.29 is 17.3 Å². The van der Waals surface area contributed by atoms with E-state index in [1.807, 2.05) is 18.5 Å². The first-order chi connectivity index (χ1) is 6.93. The molecule has 0 radical (unpaired) electrons. The van der Waals surface area contributed by atoms with E-state index >= 15 is 0 Å². The molecule has 86 valence electrons. The number of hydrogen-bond donors (Lipinski definition) is 0. The molecule has 1 nitrogen and oxygen atoms in total. The highest BCUT2D eigenvalue weighted by molar-refractivity contribution is 6.50. The van der Waals surface area contributed by atoms with Gasteiger partial charge in [-0.25, -0.2) is 0 Å². The van der Waals surface area contributed by atoms with Crippen LogP contribution in [0.3, 0.4) is 0 Å². The summed E-state index contributed by atoms with van der Waals surface area (Å²) in [5, 5.41) is 0. The molecule has 0 aliphatic carbocycles. The Morgan fingerprint density at radius 3 is 2.27 bits per heavy atom. The Labute approximate surface area is 86.6 Å². The second kappa shape index (κ2) is 7.26. The summed E-state index contributed by atoms with van der Waals surface area (Å²) < 4.78 is 39.0. The number of rotatable bonds is 3. The second-order valence-electron chi connectivity index (χ2n) is 2.96. The van der Waals surface area contributed by atoms with Crippen molar-refractivity contribution in [2.45, 2.75) is 26.2 Å². The first kappa shape index (κ1) is 13.9. The molecule has 0 atom stereocenters. The van der Waals surface area contributed by atoms with Gasteiger partial charge in [-0.3, -0.25) is 4.98 Å². The highest BCUT2D eigenvalue weighted by Gasteiger charge is 2.20. The average Bonchev–Trinajstić information content (AvgIpc) is 2.14. The molecule has 1 rings (SSSR count). The molecule has 0 aliphatic rings. The third-order valence-electron chi connectivity index (χ3n) is 1.54. The van der Waals surface area contributed by atoms with Crippen LogP contribution >= 0.6 is 0 Å². The highest BCUT2D eigenvalue weighted by atomic mass is 19.5. The molecule has 0 bridgehead atoms. The van der Waals surface area contributed by atoms with Crippen molar-refractivity contribution in [3.63, 3.8) is 0 Å². The predicted molar refractivity (Wildman–Crippen MR) is 53.0 cm³/mol. The Morgan fingerprint density at radius 2 is 1.87 bits per heavy atom. The van der Waals surface area contributed by atoms with Crippen molar-refractivity contribution >= 4 is 7.25 Å². The number of hydrogen-bond acceptors (Lipinski definition) is 1. The van der Waals surface area contributed by atoms with E-state index in [0.717, 1.165) is 0 Å². The van der Waals surface area contributed by atoms with E-state index in [4.69, 9.17) is 0 Å². The van der Waals surface area contributed by atoms with Gasteiger partial charge in [-0.15, -0.1) is 0 Å². The molecule has 0 aliphatic heterocycles. The van der Waals surface area contributed by atoms with Gasteiger partial charge in [-0.05, 0) is 24.5 Å². The van der Waals surface area contributed by atoms with Gasteiger partial charge in [0.05, 0.1) is 0 Å². The normalized spacial score (nSPS) is 10.5. The fraction of sp³-hybridized carbons (Fsp3) is 0.444. The summed E-state index contributed by atoms with van der Waals surface area (Å²) in [4.78, 5) is 4.04. The van der Waals surface area contributed by atoms with Crippen LogP contribution in [0.1, 0.15) is 25.3 Å². The first-order valence-corrected chi connectivity index (χ1v) is 4.69. The lowest BCUT2D eigenvalue weighted by Gasteiger charge is -1.95. The standard InChI is InChI=1S/C9H13N.BF4/c1-2-3-5-9-6-4-7-10-8-9;2-1(3,4)5/h4,6-8H,2-3,5H2,1H3;/q;-1. The van der Waals surface area contributed by atoms with Gasteiger partial charge < -0.3 is 17.3 Å². The quantitative estimate of drug-likeness (QED) is 0.560. The van der Waals surface area contributed by atoms with Gasteiger partial charge in [0, 0.05) is 12.4 Å². The van der Waals surface area contributed by atoms with Gasteiger partial charge in [0.1, 0.15) is 0 Å². The fourth-order valence-electron chi connectivity index (χ4n) is 0.927. The van der Waals surface area contributed by atoms with Crippen molar-refractivity contribution in [1.82, 2.24) is 4.98 Å². The van der Waals surface area contributed by atoms with E-state index in [0.29, 0.717) is 0 Å². The molecule has 0 N–H and O–H groups in total. The maximum atomic E-state index is 9.75. The topological polar surface area (TPSA) is 12.9 Å². The lowest BCUT2D eigenvalue weighted by Crippen LogP contribution is -2.02. The van der Waals surface area contributed by atoms with Crippen LogP contribution in [0.25, 0.3) is 0 Å². The zero-order chi connectivity index (χ0) is 11.7. The molecule has 15 heavy (non-hydrogen) atoms. The van der Waals surface area contributed by atoms with E-state index < -0.39 is 7.25 Å². The second-order valence-corrected chi connectivity index (χ2v) is 2.96. The maximum Gasteiger partial charge on any atom is 0.673 e. The molecular weight excluding hydrogens is 209 g/mol. The third-order valence-corrected chi connectivity index (χ3v) is 1.54. The summed E-state index contributed by atoms with van der Waals surface area (Å²) in [5.41, 5.74) is 1.35. The summed E-state index contributed by atoms with van der Waals surface area (Å²) in [7, 11) is -6.00. The van der Waals surface area contributed by atoms with Crippen molar-refractivity contribution in [3.05, 3.63) is 30.1 Å². The van der Waals surface area contributed by atoms with Crippen molar-refractivity contribution in [2.24, 2.45) is 0 Å². The predicted octanol–water partition coefficient (Wildman–Crippen LogP) is 3.72. The smallest absolute Gasteiger partial charge is 0.418 e. The largest absolute Gasteiger partial charge is 0.673 e. The van der Waals surface area contributed by atoms with E-state index in [1.54, 1.807) is 0 Å². The average molecular weight is 222 g/mol. The number of halogens is 4. The molecular formula is C9H13BF4N-. The Balaban J connectivity index is 0.000000336. The van der Waals surface area contributed by atoms with Crippen LogP contribution in [0.15, 0.2) is 24.5 Å². The molecule has 0 unspecified atom stereocenters. The van der Waals surface area contributed by atoms with Crippen molar-refractivity contribution in [2.75, 3.05) is 0 Å². The minimum absolute atomic E-state index is 1.17. The lowest BCUT2D eigenvalue weighted by atomic mass is 10.1. The van der Waals surface area contributed by atoms with Gasteiger partial charge in [0.25, 0.3) is 0 Å². The van der Waals surface area contributed by atoms with Crippen LogP contribution < -0.4 is 0 Å². The highest BCUT2D eigenvalue weighted by Crippen LogP contribution is 2.06. The van der Waals surface area contributed by atoms with Gasteiger partial charge >= 0.3 is 7.25 Å². The SMILES string of the molecule is CCCCc1cccnc1.F[B-](F)(F)F. The summed E-state index contributed by atoms with van der Waals surface area (Å²) in [6, 6.07) is 4.12. The monoisotopic (exact) mass is 222 g/mol. The molecule has 0 saturated carbocycles. The Morgan fingerprint density at radius 1 is 1.27 bits per heavy atom. The van der Waals surface area contributed by atoms with E-state index in [-0.39, 0.29) is 0 Å². The molecule has 0 fully saturated rings. The zero-order valence-corrected chi connectivity index (χ0v) is 8.47. The van der Waals surface area contributed by atoms with Crippen LogP contribution in [0, 0.1) is 0 Å². The minimum Gasteiger partial charge on any atom is -0.418 e. The number of pyridine rings is 1. The summed E-state index contributed by atoms with van der Waals surface area (Å²) in [6.07, 6.45) is 7.45. The lowest BCUT2D eigenvalue weighted by molar-refractivity contribution is 0.368. The molecule has 1 aromatic heterocycles. The number of nitrogens with zero attached hydrogens (tertiary/aromatic N) is 1. The third kappa shape index (κ3) is 12.9. The Bertz CT molecular complexity index is 244. The molecule has 1 aromatic rings. The van der Waals surface area contributed by atoms with Crippen molar-refractivity contribution in [1.29, 1.82) is 0 Å². The summed E-state index contributed by atoms with van der Waals surface area (Å²) in [6.45, 7) is 2.20. The van der Waals surface area contributed by atoms with Gasteiger partial charge in [0.15, 0.2) is 0 Å². The van der Waals surface area contributed by atoms with E-state index in [1.165, 1.54) is 24.8 Å². The van der Waals surface area contributed by atoms with E-state index in [9.17, 15) is 17.3 Å². The van der Waals surface area contributed by atoms with E-state index in [2.05, 4.69) is 18.0 Å². The molecule has 0 aromatic carbocycles. The zero-order valence-electron chi connectivity index (χ0n) is 8.47. The van der Waals surface area contributed by atoms with Crippen molar-refractivity contribution in [3.8, 4) is 0 Å². The van der Waals surface area contributed by atoms with Crippen LogP contribution in [-0.2, 0) is 6.42 Å². The number of aromatic nitrogens is 1. The maximum absolute atomic E-state index is 9.75.